The summed E-state index contributed by atoms with van der Waals surface area (Å²) < 4.78 is 0. The molecule has 0 atom stereocenters. The lowest BCUT2D eigenvalue weighted by molar-refractivity contribution is 1.14. The number of benzene rings is 4. The third kappa shape index (κ3) is 2.85. The molecule has 0 aromatic heterocycles. The first kappa shape index (κ1) is 14.0. The van der Waals surface area contributed by atoms with Gasteiger partial charge in [-0.2, -0.15) is 0 Å². The van der Waals surface area contributed by atoms with Crippen LogP contribution in [0.3, 0.4) is 0 Å². The van der Waals surface area contributed by atoms with Crippen LogP contribution in [0.2, 0.25) is 0 Å². The molecule has 4 aromatic carbocycles. The third-order valence-electron chi connectivity index (χ3n) is 4.60. The molecular formula is C23H20. The van der Waals surface area contributed by atoms with Crippen molar-refractivity contribution in [2.75, 3.05) is 0 Å². The Morgan fingerprint density at radius 3 is 1.74 bits per heavy atom. The normalized spacial score (nSPS) is 11.2. The lowest BCUT2D eigenvalue weighted by Gasteiger charge is -2.07. The van der Waals surface area contributed by atoms with E-state index in [2.05, 4.69) is 85.8 Å². The Hall–Kier alpha value is -2.60. The molecule has 4 rings (SSSR count). The molecule has 0 heterocycles. The Bertz CT molecular complexity index is 979. The number of hydrogen-bond acceptors (Lipinski definition) is 0. The fourth-order valence-corrected chi connectivity index (χ4v) is 3.26. The number of fused-ring (bicyclic) bond motifs is 2. The second-order valence-electron chi connectivity index (χ2n) is 6.23. The zero-order valence-electron chi connectivity index (χ0n) is 13.4. The molecule has 0 saturated heterocycles. The van der Waals surface area contributed by atoms with E-state index in [-0.39, 0.29) is 0 Å². The molecule has 0 N–H and O–H groups in total. The molecule has 0 spiro atoms. The summed E-state index contributed by atoms with van der Waals surface area (Å²) in [6, 6.07) is 28.9. The van der Waals surface area contributed by atoms with Crippen LogP contribution in [0.15, 0.2) is 78.9 Å². The van der Waals surface area contributed by atoms with Crippen molar-refractivity contribution < 1.29 is 0 Å². The van der Waals surface area contributed by atoms with Gasteiger partial charge in [-0.25, -0.2) is 0 Å². The molecule has 0 unspecified atom stereocenters. The molecule has 0 radical (unpaired) electrons. The van der Waals surface area contributed by atoms with Gasteiger partial charge >= 0.3 is 0 Å². The summed E-state index contributed by atoms with van der Waals surface area (Å²) in [5.41, 5.74) is 4.15. The summed E-state index contributed by atoms with van der Waals surface area (Å²) in [5, 5.41) is 5.30. The molecule has 0 amide bonds. The quantitative estimate of drug-likeness (QED) is 0.425. The molecule has 0 aliphatic heterocycles. The lowest BCUT2D eigenvalue weighted by atomic mass is 9.98. The van der Waals surface area contributed by atoms with Gasteiger partial charge in [0.25, 0.3) is 0 Å². The smallest absolute Gasteiger partial charge is 0.00253 e. The van der Waals surface area contributed by atoms with Gasteiger partial charge < -0.3 is 0 Å². The Kier molecular flexibility index (Phi) is 3.59. The first-order valence-corrected chi connectivity index (χ1v) is 8.31. The SMILES string of the molecule is CCc1ccc2ccc(Cc3ccc4ccccc4c3)cc2c1. The first-order valence-electron chi connectivity index (χ1n) is 8.31. The van der Waals surface area contributed by atoms with Crippen LogP contribution in [0.25, 0.3) is 21.5 Å². The van der Waals surface area contributed by atoms with Gasteiger partial charge in [-0.05, 0) is 51.1 Å². The Morgan fingerprint density at radius 2 is 1.04 bits per heavy atom. The van der Waals surface area contributed by atoms with Crippen molar-refractivity contribution in [3.05, 3.63) is 95.6 Å². The molecule has 23 heavy (non-hydrogen) atoms. The van der Waals surface area contributed by atoms with E-state index in [1.807, 2.05) is 0 Å². The molecule has 0 bridgehead atoms. The van der Waals surface area contributed by atoms with Crippen LogP contribution in [0.4, 0.5) is 0 Å². The molecule has 0 aliphatic rings. The van der Waals surface area contributed by atoms with Crippen molar-refractivity contribution in [3.8, 4) is 0 Å². The lowest BCUT2D eigenvalue weighted by Crippen LogP contribution is -1.89. The van der Waals surface area contributed by atoms with Crippen molar-refractivity contribution >= 4 is 21.5 Å². The fraction of sp³-hybridized carbons (Fsp3) is 0.130. The van der Waals surface area contributed by atoms with Crippen molar-refractivity contribution in [3.63, 3.8) is 0 Å². The zero-order chi connectivity index (χ0) is 15.6. The molecule has 0 fully saturated rings. The van der Waals surface area contributed by atoms with Gasteiger partial charge in [0.15, 0.2) is 0 Å². The van der Waals surface area contributed by atoms with Gasteiger partial charge in [-0.1, -0.05) is 85.8 Å². The standard InChI is InChI=1S/C23H20/c1-2-17-7-10-21-12-9-19(16-23(21)14-17)13-18-8-11-20-5-3-4-6-22(20)15-18/h3-12,14-16H,2,13H2,1H3. The summed E-state index contributed by atoms with van der Waals surface area (Å²) in [7, 11) is 0. The van der Waals surface area contributed by atoms with Crippen LogP contribution >= 0.6 is 0 Å². The minimum absolute atomic E-state index is 0.983. The van der Waals surface area contributed by atoms with Crippen LogP contribution in [0.1, 0.15) is 23.6 Å². The van der Waals surface area contributed by atoms with Gasteiger partial charge in [-0.3, -0.25) is 0 Å². The van der Waals surface area contributed by atoms with E-state index in [1.54, 1.807) is 0 Å². The van der Waals surface area contributed by atoms with Crippen molar-refractivity contribution in [2.45, 2.75) is 19.8 Å². The highest BCUT2D eigenvalue weighted by molar-refractivity contribution is 5.85. The molecule has 112 valence electrons. The monoisotopic (exact) mass is 296 g/mol. The van der Waals surface area contributed by atoms with E-state index >= 15 is 0 Å². The highest BCUT2D eigenvalue weighted by atomic mass is 14.1. The topological polar surface area (TPSA) is 0 Å². The van der Waals surface area contributed by atoms with Crippen LogP contribution in [0.5, 0.6) is 0 Å². The Balaban J connectivity index is 1.70. The summed E-state index contributed by atoms with van der Waals surface area (Å²) in [4.78, 5) is 0. The molecule has 0 heteroatoms. The average molecular weight is 296 g/mol. The van der Waals surface area contributed by atoms with Crippen LogP contribution in [0, 0.1) is 0 Å². The number of aryl methyl sites for hydroxylation is 1. The maximum atomic E-state index is 2.34. The summed E-state index contributed by atoms with van der Waals surface area (Å²) in [6.45, 7) is 2.21. The average Bonchev–Trinajstić information content (AvgIpc) is 2.61. The van der Waals surface area contributed by atoms with E-state index in [1.165, 1.54) is 38.2 Å². The van der Waals surface area contributed by atoms with Gasteiger partial charge in [0.1, 0.15) is 0 Å². The zero-order valence-corrected chi connectivity index (χ0v) is 13.4. The highest BCUT2D eigenvalue weighted by Crippen LogP contribution is 2.22. The predicted octanol–water partition coefficient (Wildman–Crippen LogP) is 6.15. The first-order chi connectivity index (χ1) is 11.3. The molecule has 0 nitrogen and oxygen atoms in total. The Labute approximate surface area is 137 Å². The van der Waals surface area contributed by atoms with Gasteiger partial charge in [0, 0.05) is 0 Å². The fourth-order valence-electron chi connectivity index (χ4n) is 3.26. The van der Waals surface area contributed by atoms with Gasteiger partial charge in [0.2, 0.25) is 0 Å². The van der Waals surface area contributed by atoms with Crippen molar-refractivity contribution in [1.29, 1.82) is 0 Å². The van der Waals surface area contributed by atoms with Crippen molar-refractivity contribution in [1.82, 2.24) is 0 Å². The largest absolute Gasteiger partial charge is 0.0616 e. The highest BCUT2D eigenvalue weighted by Gasteiger charge is 2.01. The molecule has 0 aliphatic carbocycles. The van der Waals surface area contributed by atoms with E-state index in [0.717, 1.165) is 12.8 Å². The van der Waals surface area contributed by atoms with E-state index in [4.69, 9.17) is 0 Å². The second kappa shape index (κ2) is 5.89. The summed E-state index contributed by atoms with van der Waals surface area (Å²) in [5.74, 6) is 0. The minimum atomic E-state index is 0.983. The van der Waals surface area contributed by atoms with Crippen molar-refractivity contribution in [2.24, 2.45) is 0 Å². The number of rotatable bonds is 3. The summed E-state index contributed by atoms with van der Waals surface area (Å²) >= 11 is 0. The molecule has 4 aromatic rings. The van der Waals surface area contributed by atoms with E-state index in [0.29, 0.717) is 0 Å². The van der Waals surface area contributed by atoms with E-state index < -0.39 is 0 Å². The third-order valence-corrected chi connectivity index (χ3v) is 4.60. The van der Waals surface area contributed by atoms with E-state index in [9.17, 15) is 0 Å². The van der Waals surface area contributed by atoms with Gasteiger partial charge in [-0.15, -0.1) is 0 Å². The Morgan fingerprint density at radius 1 is 0.522 bits per heavy atom. The predicted molar refractivity (Wildman–Crippen MR) is 100 cm³/mol. The van der Waals surface area contributed by atoms with Crippen LogP contribution < -0.4 is 0 Å². The number of hydrogen-bond donors (Lipinski definition) is 0. The maximum Gasteiger partial charge on any atom is -0.00253 e. The minimum Gasteiger partial charge on any atom is -0.0616 e. The second-order valence-corrected chi connectivity index (χ2v) is 6.23. The van der Waals surface area contributed by atoms with Crippen LogP contribution in [-0.4, -0.2) is 0 Å². The molecular weight excluding hydrogens is 276 g/mol. The van der Waals surface area contributed by atoms with Crippen LogP contribution in [-0.2, 0) is 12.8 Å². The van der Waals surface area contributed by atoms with Gasteiger partial charge in [0.05, 0.1) is 0 Å². The maximum absolute atomic E-state index is 2.34. The summed E-state index contributed by atoms with van der Waals surface area (Å²) in [6.07, 6.45) is 2.07. The molecule has 0 saturated carbocycles.